The Labute approximate surface area is 92.4 Å². The van der Waals surface area contributed by atoms with Crippen LogP contribution in [0.2, 0.25) is 0 Å². The molecule has 0 saturated carbocycles. The summed E-state index contributed by atoms with van der Waals surface area (Å²) in [4.78, 5) is 0. The van der Waals surface area contributed by atoms with Gasteiger partial charge in [0.1, 0.15) is 0 Å². The van der Waals surface area contributed by atoms with Crippen LogP contribution in [-0.4, -0.2) is 11.3 Å². The molecule has 0 heterocycles. The second-order valence-corrected chi connectivity index (χ2v) is 4.87. The van der Waals surface area contributed by atoms with Crippen LogP contribution >= 0.6 is 0 Å². The standard InChI is InChI=1S/C13H20N2/c1-11(14-15-13(2,3)4)10-12-8-6-5-7-9-12/h5-9,15H,10H2,1-4H3/b14-11+. The zero-order valence-electron chi connectivity index (χ0n) is 10.0. The van der Waals surface area contributed by atoms with Gasteiger partial charge in [-0.3, -0.25) is 0 Å². The zero-order chi connectivity index (χ0) is 11.3. The van der Waals surface area contributed by atoms with Gasteiger partial charge in [0, 0.05) is 17.7 Å². The van der Waals surface area contributed by atoms with Crippen molar-refractivity contribution in [1.82, 2.24) is 5.43 Å². The summed E-state index contributed by atoms with van der Waals surface area (Å²) in [6.07, 6.45) is 0.907. The minimum Gasteiger partial charge on any atom is -0.305 e. The largest absolute Gasteiger partial charge is 0.305 e. The molecule has 0 atom stereocenters. The van der Waals surface area contributed by atoms with Gasteiger partial charge in [0.05, 0.1) is 0 Å². The highest BCUT2D eigenvalue weighted by Crippen LogP contribution is 2.02. The number of nitrogens with one attached hydrogen (secondary N) is 1. The van der Waals surface area contributed by atoms with Crippen LogP contribution in [0.5, 0.6) is 0 Å². The lowest BCUT2D eigenvalue weighted by Crippen LogP contribution is -2.32. The number of hydrogen-bond acceptors (Lipinski definition) is 2. The number of benzene rings is 1. The van der Waals surface area contributed by atoms with E-state index >= 15 is 0 Å². The molecule has 0 saturated heterocycles. The Kier molecular flexibility index (Phi) is 3.89. The molecule has 0 spiro atoms. The van der Waals surface area contributed by atoms with Crippen molar-refractivity contribution in [3.63, 3.8) is 0 Å². The van der Waals surface area contributed by atoms with Crippen molar-refractivity contribution in [2.24, 2.45) is 5.10 Å². The summed E-state index contributed by atoms with van der Waals surface area (Å²) in [6.45, 7) is 8.36. The third-order valence-corrected chi connectivity index (χ3v) is 1.88. The summed E-state index contributed by atoms with van der Waals surface area (Å²) in [5, 5.41) is 4.36. The summed E-state index contributed by atoms with van der Waals surface area (Å²) < 4.78 is 0. The Morgan fingerprint density at radius 3 is 2.33 bits per heavy atom. The Morgan fingerprint density at radius 1 is 1.20 bits per heavy atom. The van der Waals surface area contributed by atoms with Crippen LogP contribution in [-0.2, 0) is 6.42 Å². The Balaban J connectivity index is 2.53. The van der Waals surface area contributed by atoms with Crippen molar-refractivity contribution in [1.29, 1.82) is 0 Å². The molecule has 0 amide bonds. The van der Waals surface area contributed by atoms with E-state index in [1.54, 1.807) is 0 Å². The minimum absolute atomic E-state index is 0.0396. The van der Waals surface area contributed by atoms with Crippen LogP contribution in [0.4, 0.5) is 0 Å². The SMILES string of the molecule is C/C(Cc1ccccc1)=N\NC(C)(C)C. The lowest BCUT2D eigenvalue weighted by Gasteiger charge is -2.18. The second kappa shape index (κ2) is 4.96. The highest BCUT2D eigenvalue weighted by atomic mass is 15.3. The molecule has 15 heavy (non-hydrogen) atoms. The highest BCUT2D eigenvalue weighted by Gasteiger charge is 2.06. The van der Waals surface area contributed by atoms with Crippen molar-refractivity contribution in [3.8, 4) is 0 Å². The Hall–Kier alpha value is -1.31. The van der Waals surface area contributed by atoms with Crippen LogP contribution in [0, 0.1) is 0 Å². The molecule has 0 aliphatic carbocycles. The highest BCUT2D eigenvalue weighted by molar-refractivity contribution is 5.83. The topological polar surface area (TPSA) is 24.4 Å². The van der Waals surface area contributed by atoms with Gasteiger partial charge in [-0.1, -0.05) is 30.3 Å². The molecule has 0 aliphatic heterocycles. The smallest absolute Gasteiger partial charge is 0.0464 e. The molecule has 1 N–H and O–H groups in total. The van der Waals surface area contributed by atoms with Gasteiger partial charge in [-0.15, -0.1) is 0 Å². The summed E-state index contributed by atoms with van der Waals surface area (Å²) in [6, 6.07) is 10.4. The van der Waals surface area contributed by atoms with Crippen LogP contribution < -0.4 is 5.43 Å². The average Bonchev–Trinajstić information content (AvgIpc) is 2.15. The van der Waals surface area contributed by atoms with Crippen LogP contribution in [0.25, 0.3) is 0 Å². The lowest BCUT2D eigenvalue weighted by molar-refractivity contribution is 0.440. The maximum atomic E-state index is 4.36. The molecule has 82 valence electrons. The van der Waals surface area contributed by atoms with E-state index in [0.717, 1.165) is 12.1 Å². The first-order chi connectivity index (χ1) is 6.97. The average molecular weight is 204 g/mol. The third-order valence-electron chi connectivity index (χ3n) is 1.88. The quantitative estimate of drug-likeness (QED) is 0.594. The van der Waals surface area contributed by atoms with E-state index < -0.39 is 0 Å². The number of rotatable bonds is 3. The minimum atomic E-state index is 0.0396. The fourth-order valence-corrected chi connectivity index (χ4v) is 1.19. The van der Waals surface area contributed by atoms with Crippen molar-refractivity contribution in [3.05, 3.63) is 35.9 Å². The fourth-order valence-electron chi connectivity index (χ4n) is 1.19. The van der Waals surface area contributed by atoms with Gasteiger partial charge >= 0.3 is 0 Å². The molecular weight excluding hydrogens is 184 g/mol. The van der Waals surface area contributed by atoms with Gasteiger partial charge in [0.25, 0.3) is 0 Å². The Bertz CT molecular complexity index is 320. The molecular formula is C13H20N2. The summed E-state index contributed by atoms with van der Waals surface area (Å²) in [7, 11) is 0. The molecule has 1 aromatic carbocycles. The molecule has 1 aromatic rings. The van der Waals surface area contributed by atoms with Crippen molar-refractivity contribution >= 4 is 5.71 Å². The fraction of sp³-hybridized carbons (Fsp3) is 0.462. The molecule has 0 aromatic heterocycles. The van der Waals surface area contributed by atoms with E-state index in [1.165, 1.54) is 5.56 Å². The predicted octanol–water partition coefficient (Wildman–Crippen LogP) is 2.99. The van der Waals surface area contributed by atoms with E-state index in [4.69, 9.17) is 0 Å². The van der Waals surface area contributed by atoms with Gasteiger partial charge in [0.15, 0.2) is 0 Å². The molecule has 2 nitrogen and oxygen atoms in total. The molecule has 0 unspecified atom stereocenters. The monoisotopic (exact) mass is 204 g/mol. The zero-order valence-corrected chi connectivity index (χ0v) is 10.0. The third kappa shape index (κ3) is 5.21. The van der Waals surface area contributed by atoms with E-state index in [0.29, 0.717) is 0 Å². The number of nitrogens with zero attached hydrogens (tertiary/aromatic N) is 1. The van der Waals surface area contributed by atoms with Crippen molar-refractivity contribution in [2.45, 2.75) is 39.7 Å². The van der Waals surface area contributed by atoms with Gasteiger partial charge < -0.3 is 5.43 Å². The first kappa shape index (κ1) is 11.8. The maximum absolute atomic E-state index is 4.36. The van der Waals surface area contributed by atoms with E-state index in [-0.39, 0.29) is 5.54 Å². The van der Waals surface area contributed by atoms with Crippen molar-refractivity contribution in [2.75, 3.05) is 0 Å². The van der Waals surface area contributed by atoms with Crippen LogP contribution in [0.3, 0.4) is 0 Å². The second-order valence-electron chi connectivity index (χ2n) is 4.87. The van der Waals surface area contributed by atoms with Gasteiger partial charge in [-0.25, -0.2) is 0 Å². The van der Waals surface area contributed by atoms with Gasteiger partial charge in [-0.05, 0) is 33.3 Å². The molecule has 0 bridgehead atoms. The molecule has 0 aliphatic rings. The van der Waals surface area contributed by atoms with E-state index in [1.807, 2.05) is 13.0 Å². The summed E-state index contributed by atoms with van der Waals surface area (Å²) in [5.41, 5.74) is 5.58. The van der Waals surface area contributed by atoms with Crippen LogP contribution in [0.15, 0.2) is 35.4 Å². The molecule has 1 rings (SSSR count). The number of hydrogen-bond donors (Lipinski definition) is 1. The lowest BCUT2D eigenvalue weighted by atomic mass is 10.1. The van der Waals surface area contributed by atoms with Gasteiger partial charge in [-0.2, -0.15) is 5.10 Å². The summed E-state index contributed by atoms with van der Waals surface area (Å²) in [5.74, 6) is 0. The Morgan fingerprint density at radius 2 is 1.80 bits per heavy atom. The first-order valence-corrected chi connectivity index (χ1v) is 5.32. The maximum Gasteiger partial charge on any atom is 0.0464 e. The molecule has 0 radical (unpaired) electrons. The first-order valence-electron chi connectivity index (χ1n) is 5.32. The molecule has 0 fully saturated rings. The van der Waals surface area contributed by atoms with E-state index in [2.05, 4.69) is 55.6 Å². The normalized spacial score (nSPS) is 12.7. The predicted molar refractivity (Wildman–Crippen MR) is 66.1 cm³/mol. The van der Waals surface area contributed by atoms with Gasteiger partial charge in [0.2, 0.25) is 0 Å². The molecule has 2 heteroatoms. The van der Waals surface area contributed by atoms with Crippen molar-refractivity contribution < 1.29 is 0 Å². The van der Waals surface area contributed by atoms with E-state index in [9.17, 15) is 0 Å². The van der Waals surface area contributed by atoms with Crippen LogP contribution in [0.1, 0.15) is 33.3 Å². The number of hydrazone groups is 1. The summed E-state index contributed by atoms with van der Waals surface area (Å²) >= 11 is 0.